The van der Waals surface area contributed by atoms with Crippen molar-refractivity contribution in [2.75, 3.05) is 12.4 Å². The summed E-state index contributed by atoms with van der Waals surface area (Å²) in [5, 5.41) is 14.1. The smallest absolute Gasteiger partial charge is 0.335 e. The number of nitrogens with zero attached hydrogens (tertiary/aromatic N) is 3. The number of carboxylic acids is 1. The molecule has 31 heavy (non-hydrogen) atoms. The van der Waals surface area contributed by atoms with Crippen LogP contribution in [-0.4, -0.2) is 45.1 Å². The van der Waals surface area contributed by atoms with Gasteiger partial charge in [-0.2, -0.15) is 0 Å². The zero-order chi connectivity index (χ0) is 21.4. The largest absolute Gasteiger partial charge is 0.478 e. The molecule has 1 fully saturated rings. The van der Waals surface area contributed by atoms with Crippen LogP contribution in [0, 0.1) is 0 Å². The van der Waals surface area contributed by atoms with Gasteiger partial charge in [-0.15, -0.1) is 11.3 Å². The highest BCUT2D eigenvalue weighted by Crippen LogP contribution is 2.39. The molecule has 6 nitrogen and oxygen atoms in total. The van der Waals surface area contributed by atoms with Gasteiger partial charge in [0.05, 0.1) is 10.9 Å². The van der Waals surface area contributed by atoms with Crippen molar-refractivity contribution >= 4 is 33.3 Å². The van der Waals surface area contributed by atoms with E-state index in [-0.39, 0.29) is 0 Å². The van der Waals surface area contributed by atoms with E-state index in [2.05, 4.69) is 27.2 Å². The zero-order valence-electron chi connectivity index (χ0n) is 17.8. The number of aromatic carboxylic acids is 1. The molecular formula is C24H28N4O2S. The third-order valence-electron chi connectivity index (χ3n) is 6.80. The lowest BCUT2D eigenvalue weighted by atomic mass is 9.90. The molecule has 0 unspecified atom stereocenters. The minimum Gasteiger partial charge on any atom is -0.478 e. The van der Waals surface area contributed by atoms with E-state index in [0.29, 0.717) is 17.6 Å². The molecule has 5 rings (SSSR count). The van der Waals surface area contributed by atoms with Crippen molar-refractivity contribution in [2.24, 2.45) is 0 Å². The number of anilines is 1. The van der Waals surface area contributed by atoms with Gasteiger partial charge in [-0.3, -0.25) is 4.90 Å². The van der Waals surface area contributed by atoms with Crippen LogP contribution in [0.2, 0.25) is 0 Å². The highest BCUT2D eigenvalue weighted by molar-refractivity contribution is 7.19. The van der Waals surface area contributed by atoms with Crippen LogP contribution >= 0.6 is 11.3 Å². The molecule has 2 aliphatic rings. The number of carbonyl (C=O) groups is 1. The number of rotatable bonds is 6. The molecule has 0 atom stereocenters. The van der Waals surface area contributed by atoms with Gasteiger partial charge in [0.1, 0.15) is 17.0 Å². The first-order chi connectivity index (χ1) is 15.1. The maximum Gasteiger partial charge on any atom is 0.335 e. The molecule has 0 saturated heterocycles. The van der Waals surface area contributed by atoms with Crippen molar-refractivity contribution in [3.8, 4) is 0 Å². The Bertz CT molecular complexity index is 1090. The summed E-state index contributed by atoms with van der Waals surface area (Å²) >= 11 is 1.84. The summed E-state index contributed by atoms with van der Waals surface area (Å²) in [4.78, 5) is 25.2. The van der Waals surface area contributed by atoms with E-state index >= 15 is 0 Å². The average Bonchev–Trinajstić information content (AvgIpc) is 3.36. The molecule has 3 aromatic rings. The Hall–Kier alpha value is -2.51. The van der Waals surface area contributed by atoms with Crippen LogP contribution in [0.1, 0.15) is 58.5 Å². The normalized spacial score (nSPS) is 20.8. The molecule has 2 heterocycles. The Morgan fingerprint density at radius 3 is 2.68 bits per heavy atom. The van der Waals surface area contributed by atoms with Crippen LogP contribution in [0.3, 0.4) is 0 Å². The number of carboxylic acid groups (broad SMARTS) is 1. The summed E-state index contributed by atoms with van der Waals surface area (Å²) in [6.07, 6.45) is 9.85. The SMILES string of the molecule is CN(Cc1ccc(C(=O)O)cc1)[C@H]1CC[C@H](Nc2ncnc3sc4c(c23)CCC4)CC1. The molecule has 0 spiro atoms. The first kappa shape index (κ1) is 20.4. The molecule has 162 valence electrons. The predicted octanol–water partition coefficient (Wildman–Crippen LogP) is 4.73. The van der Waals surface area contributed by atoms with Crippen molar-refractivity contribution in [3.63, 3.8) is 0 Å². The Morgan fingerprint density at radius 2 is 1.94 bits per heavy atom. The van der Waals surface area contributed by atoms with E-state index < -0.39 is 5.97 Å². The molecule has 0 amide bonds. The summed E-state index contributed by atoms with van der Waals surface area (Å²) in [6.45, 7) is 0.843. The van der Waals surface area contributed by atoms with Gasteiger partial charge in [0.15, 0.2) is 0 Å². The van der Waals surface area contributed by atoms with E-state index in [9.17, 15) is 4.79 Å². The van der Waals surface area contributed by atoms with Crippen LogP contribution in [0.25, 0.3) is 10.2 Å². The molecule has 1 saturated carbocycles. The standard InChI is InChI=1S/C24H28N4O2S/c1-28(13-15-5-7-16(8-6-15)24(29)30)18-11-9-17(10-12-18)27-22-21-19-3-2-4-20(19)31-23(21)26-14-25-22/h5-8,14,17-18H,2-4,9-13H2,1H3,(H,29,30)(H,25,26,27)/t17-,18-. The highest BCUT2D eigenvalue weighted by atomic mass is 32.1. The van der Waals surface area contributed by atoms with Crippen molar-refractivity contribution in [1.29, 1.82) is 0 Å². The van der Waals surface area contributed by atoms with E-state index in [0.717, 1.165) is 54.9 Å². The molecule has 2 aliphatic carbocycles. The number of hydrogen-bond donors (Lipinski definition) is 2. The summed E-state index contributed by atoms with van der Waals surface area (Å²) in [7, 11) is 2.17. The summed E-state index contributed by atoms with van der Waals surface area (Å²) in [5.74, 6) is 0.152. The van der Waals surface area contributed by atoms with Gasteiger partial charge in [0.25, 0.3) is 0 Å². The maximum absolute atomic E-state index is 11.0. The summed E-state index contributed by atoms with van der Waals surface area (Å²) in [5.41, 5.74) is 2.97. The topological polar surface area (TPSA) is 78.4 Å². The first-order valence-corrected chi connectivity index (χ1v) is 11.9. The number of nitrogens with one attached hydrogen (secondary N) is 1. The Morgan fingerprint density at radius 1 is 1.16 bits per heavy atom. The average molecular weight is 437 g/mol. The number of benzene rings is 1. The number of thiophene rings is 1. The molecule has 1 aromatic carbocycles. The molecule has 0 bridgehead atoms. The molecule has 0 aliphatic heterocycles. The summed E-state index contributed by atoms with van der Waals surface area (Å²) in [6, 6.07) is 8.23. The Kier molecular flexibility index (Phi) is 5.63. The Balaban J connectivity index is 1.19. The van der Waals surface area contributed by atoms with Gasteiger partial charge in [-0.05, 0) is 75.3 Å². The van der Waals surface area contributed by atoms with Gasteiger partial charge < -0.3 is 10.4 Å². The van der Waals surface area contributed by atoms with Crippen molar-refractivity contribution in [1.82, 2.24) is 14.9 Å². The lowest BCUT2D eigenvalue weighted by molar-refractivity contribution is 0.0697. The lowest BCUT2D eigenvalue weighted by Gasteiger charge is -2.35. The molecular weight excluding hydrogens is 408 g/mol. The second-order valence-corrected chi connectivity index (χ2v) is 9.91. The fraction of sp³-hybridized carbons (Fsp3) is 0.458. The zero-order valence-corrected chi connectivity index (χ0v) is 18.6. The first-order valence-electron chi connectivity index (χ1n) is 11.1. The fourth-order valence-electron chi connectivity index (χ4n) is 5.06. The second kappa shape index (κ2) is 8.55. The number of hydrogen-bond acceptors (Lipinski definition) is 6. The highest BCUT2D eigenvalue weighted by Gasteiger charge is 2.26. The summed E-state index contributed by atoms with van der Waals surface area (Å²) < 4.78 is 0. The molecule has 7 heteroatoms. The Labute approximate surface area is 186 Å². The van der Waals surface area contributed by atoms with Gasteiger partial charge >= 0.3 is 5.97 Å². The van der Waals surface area contributed by atoms with Crippen LogP contribution < -0.4 is 5.32 Å². The monoisotopic (exact) mass is 436 g/mol. The van der Waals surface area contributed by atoms with E-state index in [1.165, 1.54) is 28.7 Å². The third kappa shape index (κ3) is 4.16. The van der Waals surface area contributed by atoms with Gasteiger partial charge in [-0.25, -0.2) is 14.8 Å². The van der Waals surface area contributed by atoms with E-state index in [1.54, 1.807) is 18.5 Å². The van der Waals surface area contributed by atoms with Crippen LogP contribution in [0.15, 0.2) is 30.6 Å². The third-order valence-corrected chi connectivity index (χ3v) is 7.99. The van der Waals surface area contributed by atoms with Crippen LogP contribution in [0.5, 0.6) is 0 Å². The van der Waals surface area contributed by atoms with Crippen LogP contribution in [0.4, 0.5) is 5.82 Å². The second-order valence-electron chi connectivity index (χ2n) is 8.83. The molecule has 0 radical (unpaired) electrons. The number of aryl methyl sites for hydroxylation is 2. The van der Waals surface area contributed by atoms with Gasteiger partial charge in [0.2, 0.25) is 0 Å². The van der Waals surface area contributed by atoms with Gasteiger partial charge in [0, 0.05) is 23.5 Å². The maximum atomic E-state index is 11.0. The fourth-order valence-corrected chi connectivity index (χ4v) is 6.29. The number of aromatic nitrogens is 2. The van der Waals surface area contributed by atoms with Crippen LogP contribution in [-0.2, 0) is 19.4 Å². The van der Waals surface area contributed by atoms with Crippen molar-refractivity contribution in [3.05, 3.63) is 52.2 Å². The van der Waals surface area contributed by atoms with Gasteiger partial charge in [-0.1, -0.05) is 12.1 Å². The van der Waals surface area contributed by atoms with E-state index in [1.807, 2.05) is 23.5 Å². The van der Waals surface area contributed by atoms with E-state index in [4.69, 9.17) is 5.11 Å². The van der Waals surface area contributed by atoms with Crippen molar-refractivity contribution < 1.29 is 9.90 Å². The quantitative estimate of drug-likeness (QED) is 0.581. The molecule has 2 aromatic heterocycles. The minimum absolute atomic E-state index is 0.341. The minimum atomic E-state index is -0.876. The number of fused-ring (bicyclic) bond motifs is 3. The lowest BCUT2D eigenvalue weighted by Crippen LogP contribution is -2.38. The predicted molar refractivity (Wildman–Crippen MR) is 124 cm³/mol. The van der Waals surface area contributed by atoms with Crippen molar-refractivity contribution in [2.45, 2.75) is 63.6 Å². The molecule has 2 N–H and O–H groups in total.